The number of aryl methyl sites for hydroxylation is 1. The second-order valence-corrected chi connectivity index (χ2v) is 5.10. The standard InChI is InChI=1S/C17H16F3NO3/c1-11-3-4-12(9-15(11)23-2)10-16(22)21-13-5-7-14(8-6-13)24-17(18,19)20/h3-9H,10H2,1-2H3,(H,21,22). The maximum atomic E-state index is 12.1. The third kappa shape index (κ3) is 5.19. The van der Waals surface area contributed by atoms with Gasteiger partial charge in [-0.25, -0.2) is 0 Å². The lowest BCUT2D eigenvalue weighted by molar-refractivity contribution is -0.274. The number of anilines is 1. The van der Waals surface area contributed by atoms with Crippen LogP contribution in [0.3, 0.4) is 0 Å². The molecule has 0 saturated carbocycles. The summed E-state index contributed by atoms with van der Waals surface area (Å²) in [5, 5.41) is 2.62. The first-order chi connectivity index (χ1) is 11.3. The number of methoxy groups -OCH3 is 1. The van der Waals surface area contributed by atoms with E-state index in [1.807, 2.05) is 19.1 Å². The van der Waals surface area contributed by atoms with Gasteiger partial charge in [-0.15, -0.1) is 13.2 Å². The van der Waals surface area contributed by atoms with Crippen LogP contribution < -0.4 is 14.8 Å². The summed E-state index contributed by atoms with van der Waals surface area (Å²) in [6, 6.07) is 10.4. The third-order valence-corrected chi connectivity index (χ3v) is 3.21. The number of nitrogens with one attached hydrogen (secondary N) is 1. The fourth-order valence-corrected chi connectivity index (χ4v) is 2.10. The Morgan fingerprint density at radius 1 is 1.12 bits per heavy atom. The van der Waals surface area contributed by atoms with Crippen LogP contribution in [0.25, 0.3) is 0 Å². The largest absolute Gasteiger partial charge is 0.573 e. The van der Waals surface area contributed by atoms with E-state index in [1.165, 1.54) is 12.1 Å². The summed E-state index contributed by atoms with van der Waals surface area (Å²) in [5.41, 5.74) is 2.11. The quantitative estimate of drug-likeness (QED) is 0.893. The van der Waals surface area contributed by atoms with Crippen molar-refractivity contribution in [3.63, 3.8) is 0 Å². The fourth-order valence-electron chi connectivity index (χ4n) is 2.10. The van der Waals surface area contributed by atoms with Crippen LogP contribution in [0.5, 0.6) is 11.5 Å². The number of alkyl halides is 3. The summed E-state index contributed by atoms with van der Waals surface area (Å²) < 4.78 is 45.2. The molecule has 0 spiro atoms. The van der Waals surface area contributed by atoms with E-state index in [2.05, 4.69) is 10.1 Å². The zero-order chi connectivity index (χ0) is 17.7. The average molecular weight is 339 g/mol. The number of rotatable bonds is 5. The maximum absolute atomic E-state index is 12.1. The summed E-state index contributed by atoms with van der Waals surface area (Å²) in [6.45, 7) is 1.90. The smallest absolute Gasteiger partial charge is 0.496 e. The molecule has 0 unspecified atom stereocenters. The lowest BCUT2D eigenvalue weighted by atomic mass is 10.1. The zero-order valence-electron chi connectivity index (χ0n) is 13.1. The lowest BCUT2D eigenvalue weighted by Crippen LogP contribution is -2.17. The van der Waals surface area contributed by atoms with Gasteiger partial charge in [-0.2, -0.15) is 0 Å². The summed E-state index contributed by atoms with van der Waals surface area (Å²) in [5.74, 6) is 0.0584. The molecule has 1 N–H and O–H groups in total. The summed E-state index contributed by atoms with van der Waals surface area (Å²) in [7, 11) is 1.55. The van der Waals surface area contributed by atoms with Gasteiger partial charge in [0.15, 0.2) is 0 Å². The number of amides is 1. The minimum atomic E-state index is -4.74. The number of hydrogen-bond acceptors (Lipinski definition) is 3. The Morgan fingerprint density at radius 2 is 1.79 bits per heavy atom. The summed E-state index contributed by atoms with van der Waals surface area (Å²) in [6.07, 6.45) is -4.62. The van der Waals surface area contributed by atoms with Crippen molar-refractivity contribution in [3.8, 4) is 11.5 Å². The van der Waals surface area contributed by atoms with Gasteiger partial charge in [0, 0.05) is 5.69 Å². The molecule has 0 heterocycles. The molecule has 0 radical (unpaired) electrons. The van der Waals surface area contributed by atoms with Gasteiger partial charge in [0.2, 0.25) is 5.91 Å². The molecule has 0 aromatic heterocycles. The van der Waals surface area contributed by atoms with Crippen LogP contribution in [0.15, 0.2) is 42.5 Å². The van der Waals surface area contributed by atoms with Crippen LogP contribution in [-0.4, -0.2) is 19.4 Å². The first-order valence-electron chi connectivity index (χ1n) is 7.06. The molecule has 128 valence electrons. The Bertz CT molecular complexity index is 712. The predicted molar refractivity (Wildman–Crippen MR) is 83.2 cm³/mol. The van der Waals surface area contributed by atoms with E-state index >= 15 is 0 Å². The van der Waals surface area contributed by atoms with E-state index in [4.69, 9.17) is 4.74 Å². The zero-order valence-corrected chi connectivity index (χ0v) is 13.1. The van der Waals surface area contributed by atoms with Gasteiger partial charge in [-0.3, -0.25) is 4.79 Å². The van der Waals surface area contributed by atoms with Crippen molar-refractivity contribution in [1.29, 1.82) is 0 Å². The van der Waals surface area contributed by atoms with Gasteiger partial charge in [0.05, 0.1) is 13.5 Å². The Balaban J connectivity index is 1.97. The van der Waals surface area contributed by atoms with Crippen molar-refractivity contribution >= 4 is 11.6 Å². The molecule has 2 aromatic carbocycles. The van der Waals surface area contributed by atoms with Crippen molar-refractivity contribution in [2.24, 2.45) is 0 Å². The SMILES string of the molecule is COc1cc(CC(=O)Nc2ccc(OC(F)(F)F)cc2)ccc1C. The van der Waals surface area contributed by atoms with Gasteiger partial charge < -0.3 is 14.8 Å². The highest BCUT2D eigenvalue weighted by Crippen LogP contribution is 2.24. The number of benzene rings is 2. The minimum absolute atomic E-state index is 0.122. The molecule has 0 aliphatic rings. The van der Waals surface area contributed by atoms with Crippen LogP contribution >= 0.6 is 0 Å². The maximum Gasteiger partial charge on any atom is 0.573 e. The molecule has 7 heteroatoms. The fraction of sp³-hybridized carbons (Fsp3) is 0.235. The number of halogens is 3. The topological polar surface area (TPSA) is 47.6 Å². The molecular weight excluding hydrogens is 323 g/mol. The molecule has 0 aliphatic carbocycles. The van der Waals surface area contributed by atoms with Crippen LogP contribution in [0.4, 0.5) is 18.9 Å². The average Bonchev–Trinajstić information content (AvgIpc) is 2.49. The van der Waals surface area contributed by atoms with Gasteiger partial charge in [0.25, 0.3) is 0 Å². The van der Waals surface area contributed by atoms with Gasteiger partial charge in [-0.05, 0) is 48.4 Å². The monoisotopic (exact) mass is 339 g/mol. The first kappa shape index (κ1) is 17.7. The molecule has 0 aliphatic heterocycles. The third-order valence-electron chi connectivity index (χ3n) is 3.21. The van der Waals surface area contributed by atoms with Crippen LogP contribution in [0, 0.1) is 6.92 Å². The van der Waals surface area contributed by atoms with E-state index in [9.17, 15) is 18.0 Å². The Labute approximate surface area is 137 Å². The second-order valence-electron chi connectivity index (χ2n) is 5.10. The molecule has 0 atom stereocenters. The van der Waals surface area contributed by atoms with Gasteiger partial charge in [0.1, 0.15) is 11.5 Å². The molecule has 0 fully saturated rings. The van der Waals surface area contributed by atoms with E-state index < -0.39 is 6.36 Å². The number of ether oxygens (including phenoxy) is 2. The van der Waals surface area contributed by atoms with Crippen molar-refractivity contribution < 1.29 is 27.4 Å². The molecule has 0 saturated heterocycles. The van der Waals surface area contributed by atoms with Crippen LogP contribution in [0.1, 0.15) is 11.1 Å². The molecule has 2 rings (SSSR count). The lowest BCUT2D eigenvalue weighted by Gasteiger charge is -2.10. The highest BCUT2D eigenvalue weighted by atomic mass is 19.4. The molecule has 24 heavy (non-hydrogen) atoms. The Hall–Kier alpha value is -2.70. The highest BCUT2D eigenvalue weighted by molar-refractivity contribution is 5.92. The molecule has 4 nitrogen and oxygen atoms in total. The van der Waals surface area contributed by atoms with E-state index in [0.29, 0.717) is 11.4 Å². The first-order valence-corrected chi connectivity index (χ1v) is 7.06. The Kier molecular flexibility index (Phi) is 5.33. The van der Waals surface area contributed by atoms with Crippen molar-refractivity contribution in [2.45, 2.75) is 19.7 Å². The molecule has 1 amide bonds. The normalized spacial score (nSPS) is 11.0. The van der Waals surface area contributed by atoms with E-state index in [-0.39, 0.29) is 18.1 Å². The molecule has 0 bridgehead atoms. The summed E-state index contributed by atoms with van der Waals surface area (Å²) >= 11 is 0. The minimum Gasteiger partial charge on any atom is -0.496 e. The van der Waals surface area contributed by atoms with Crippen LogP contribution in [-0.2, 0) is 11.2 Å². The number of carbonyl (C=O) groups excluding carboxylic acids is 1. The highest BCUT2D eigenvalue weighted by Gasteiger charge is 2.30. The van der Waals surface area contributed by atoms with E-state index in [1.54, 1.807) is 13.2 Å². The van der Waals surface area contributed by atoms with Gasteiger partial charge in [-0.1, -0.05) is 12.1 Å². The molecule has 2 aromatic rings. The van der Waals surface area contributed by atoms with E-state index in [0.717, 1.165) is 23.3 Å². The van der Waals surface area contributed by atoms with Gasteiger partial charge >= 0.3 is 6.36 Å². The second kappa shape index (κ2) is 7.25. The number of carbonyl (C=O) groups is 1. The van der Waals surface area contributed by atoms with Crippen molar-refractivity contribution in [2.75, 3.05) is 12.4 Å². The van der Waals surface area contributed by atoms with Crippen molar-refractivity contribution in [1.82, 2.24) is 0 Å². The molecular formula is C17H16F3NO3. The van der Waals surface area contributed by atoms with Crippen LogP contribution in [0.2, 0.25) is 0 Å². The predicted octanol–water partition coefficient (Wildman–Crippen LogP) is 4.08. The number of hydrogen-bond donors (Lipinski definition) is 1. The summed E-state index contributed by atoms with van der Waals surface area (Å²) in [4.78, 5) is 12.0. The van der Waals surface area contributed by atoms with Crippen molar-refractivity contribution in [3.05, 3.63) is 53.6 Å². The Morgan fingerprint density at radius 3 is 2.38 bits per heavy atom.